The quantitative estimate of drug-likeness (QED) is 0.594. The minimum atomic E-state index is 0.569. The largest absolute Gasteiger partial charge is 0.380 e. The Morgan fingerprint density at radius 3 is 2.47 bits per heavy atom. The van der Waals surface area contributed by atoms with Crippen molar-refractivity contribution < 1.29 is 4.74 Å². The summed E-state index contributed by atoms with van der Waals surface area (Å²) < 4.78 is 5.34. The molecule has 0 saturated heterocycles. The van der Waals surface area contributed by atoms with Gasteiger partial charge in [0, 0.05) is 31.8 Å². The molecule has 1 N–H and O–H groups in total. The Balaban J connectivity index is 3.54. The molecule has 0 aromatic rings. The molecule has 0 fully saturated rings. The number of hydrogen-bond donors (Lipinski definition) is 1. The molecule has 3 nitrogen and oxygen atoms in total. The first kappa shape index (κ1) is 14.9. The highest BCUT2D eigenvalue weighted by atomic mass is 16.5. The minimum Gasteiger partial charge on any atom is -0.380 e. The van der Waals surface area contributed by atoms with Crippen LogP contribution in [0.15, 0.2) is 0 Å². The third kappa shape index (κ3) is 7.77. The van der Waals surface area contributed by atoms with Crippen LogP contribution >= 0.6 is 0 Å². The zero-order valence-corrected chi connectivity index (χ0v) is 11.0. The van der Waals surface area contributed by atoms with Crippen LogP contribution in [-0.4, -0.2) is 50.3 Å². The van der Waals surface area contributed by atoms with Gasteiger partial charge in [-0.3, -0.25) is 0 Å². The second kappa shape index (κ2) is 9.13. The number of nitrogens with zero attached hydrogens (tertiary/aromatic N) is 1. The summed E-state index contributed by atoms with van der Waals surface area (Å²) in [6.07, 6.45) is 1.19. The van der Waals surface area contributed by atoms with Crippen molar-refractivity contribution in [1.29, 1.82) is 0 Å². The van der Waals surface area contributed by atoms with Crippen LogP contribution in [0.4, 0.5) is 0 Å². The summed E-state index contributed by atoms with van der Waals surface area (Å²) in [6, 6.07) is 1.19. The van der Waals surface area contributed by atoms with Crippen LogP contribution in [0.3, 0.4) is 0 Å². The van der Waals surface area contributed by atoms with Gasteiger partial charge in [-0.2, -0.15) is 0 Å². The van der Waals surface area contributed by atoms with Gasteiger partial charge in [-0.25, -0.2) is 0 Å². The maximum atomic E-state index is 5.34. The van der Waals surface area contributed by atoms with Crippen molar-refractivity contribution in [3.8, 4) is 0 Å². The predicted molar refractivity (Wildman–Crippen MR) is 66.3 cm³/mol. The van der Waals surface area contributed by atoms with E-state index in [2.05, 4.69) is 38.0 Å². The fraction of sp³-hybridized carbons (Fsp3) is 1.00. The molecule has 0 heterocycles. The summed E-state index contributed by atoms with van der Waals surface area (Å²) in [5.41, 5.74) is 0. The van der Waals surface area contributed by atoms with E-state index in [1.54, 1.807) is 0 Å². The molecule has 0 bridgehead atoms. The van der Waals surface area contributed by atoms with E-state index in [0.29, 0.717) is 12.1 Å². The SMILES string of the molecule is CCOCCN(C)C(C)CNC(C)CC. The molecule has 2 unspecified atom stereocenters. The first-order chi connectivity index (χ1) is 7.11. The second-order valence-corrected chi connectivity index (χ2v) is 4.24. The summed E-state index contributed by atoms with van der Waals surface area (Å²) in [4.78, 5) is 2.34. The number of likely N-dealkylation sites (N-methyl/N-ethyl adjacent to an activating group) is 1. The van der Waals surface area contributed by atoms with Gasteiger partial charge in [-0.1, -0.05) is 6.92 Å². The van der Waals surface area contributed by atoms with Crippen molar-refractivity contribution in [3.05, 3.63) is 0 Å². The molecule has 92 valence electrons. The molecule has 0 amide bonds. The molecule has 15 heavy (non-hydrogen) atoms. The van der Waals surface area contributed by atoms with Gasteiger partial charge in [-0.05, 0) is 34.2 Å². The maximum Gasteiger partial charge on any atom is 0.0593 e. The van der Waals surface area contributed by atoms with Crippen LogP contribution in [0, 0.1) is 0 Å². The van der Waals surface area contributed by atoms with Crippen LogP contribution in [0.2, 0.25) is 0 Å². The number of nitrogens with one attached hydrogen (secondary N) is 1. The lowest BCUT2D eigenvalue weighted by atomic mass is 10.2. The normalized spacial score (nSPS) is 15.6. The zero-order chi connectivity index (χ0) is 11.7. The van der Waals surface area contributed by atoms with Crippen molar-refractivity contribution in [2.24, 2.45) is 0 Å². The lowest BCUT2D eigenvalue weighted by Crippen LogP contribution is -2.42. The first-order valence-corrected chi connectivity index (χ1v) is 6.13. The lowest BCUT2D eigenvalue weighted by Gasteiger charge is -2.26. The maximum absolute atomic E-state index is 5.34. The molecule has 0 aromatic heterocycles. The van der Waals surface area contributed by atoms with E-state index in [9.17, 15) is 0 Å². The summed E-state index contributed by atoms with van der Waals surface area (Å²) in [5.74, 6) is 0. The van der Waals surface area contributed by atoms with Gasteiger partial charge in [0.25, 0.3) is 0 Å². The fourth-order valence-electron chi connectivity index (χ4n) is 1.25. The summed E-state index contributed by atoms with van der Waals surface area (Å²) in [6.45, 7) is 12.4. The summed E-state index contributed by atoms with van der Waals surface area (Å²) in [7, 11) is 2.15. The smallest absolute Gasteiger partial charge is 0.0593 e. The fourth-order valence-corrected chi connectivity index (χ4v) is 1.25. The van der Waals surface area contributed by atoms with Crippen molar-refractivity contribution in [2.45, 2.75) is 46.2 Å². The van der Waals surface area contributed by atoms with Crippen LogP contribution in [0.25, 0.3) is 0 Å². The molecule has 0 radical (unpaired) electrons. The van der Waals surface area contributed by atoms with Gasteiger partial charge in [-0.15, -0.1) is 0 Å². The van der Waals surface area contributed by atoms with E-state index in [4.69, 9.17) is 4.74 Å². The Bertz CT molecular complexity index is 142. The Morgan fingerprint density at radius 1 is 1.27 bits per heavy atom. The monoisotopic (exact) mass is 216 g/mol. The van der Waals surface area contributed by atoms with E-state index in [0.717, 1.165) is 26.3 Å². The second-order valence-electron chi connectivity index (χ2n) is 4.24. The first-order valence-electron chi connectivity index (χ1n) is 6.13. The highest BCUT2D eigenvalue weighted by molar-refractivity contribution is 4.68. The van der Waals surface area contributed by atoms with Crippen LogP contribution < -0.4 is 5.32 Å². The van der Waals surface area contributed by atoms with Gasteiger partial charge < -0.3 is 15.0 Å². The summed E-state index contributed by atoms with van der Waals surface area (Å²) in [5, 5.41) is 3.52. The topological polar surface area (TPSA) is 24.5 Å². The molecule has 0 rings (SSSR count). The molecular formula is C12H28N2O. The van der Waals surface area contributed by atoms with E-state index < -0.39 is 0 Å². The predicted octanol–water partition coefficient (Wildman–Crippen LogP) is 1.73. The van der Waals surface area contributed by atoms with Gasteiger partial charge in [0.05, 0.1) is 6.61 Å². The van der Waals surface area contributed by atoms with Gasteiger partial charge in [0.2, 0.25) is 0 Å². The molecule has 0 aliphatic heterocycles. The molecule has 2 atom stereocenters. The highest BCUT2D eigenvalue weighted by Gasteiger charge is 2.09. The molecule has 3 heteroatoms. The molecule has 0 aliphatic rings. The lowest BCUT2D eigenvalue weighted by molar-refractivity contribution is 0.109. The third-order valence-electron chi connectivity index (χ3n) is 2.92. The van der Waals surface area contributed by atoms with E-state index >= 15 is 0 Å². The van der Waals surface area contributed by atoms with Crippen LogP contribution in [-0.2, 0) is 4.74 Å². The Kier molecular flexibility index (Phi) is 9.06. The van der Waals surface area contributed by atoms with Crippen LogP contribution in [0.5, 0.6) is 0 Å². The Labute approximate surface area is 95.2 Å². The standard InChI is InChI=1S/C12H28N2O/c1-6-11(3)13-10-12(4)14(5)8-9-15-7-2/h11-13H,6-10H2,1-5H3. The van der Waals surface area contributed by atoms with Gasteiger partial charge >= 0.3 is 0 Å². The van der Waals surface area contributed by atoms with E-state index in [1.807, 2.05) is 6.92 Å². The molecule has 0 aliphatic carbocycles. The number of hydrogen-bond acceptors (Lipinski definition) is 3. The molecule has 0 aromatic carbocycles. The van der Waals surface area contributed by atoms with E-state index in [1.165, 1.54) is 6.42 Å². The van der Waals surface area contributed by atoms with Gasteiger partial charge in [0.15, 0.2) is 0 Å². The van der Waals surface area contributed by atoms with Gasteiger partial charge in [0.1, 0.15) is 0 Å². The number of ether oxygens (including phenoxy) is 1. The average Bonchev–Trinajstić information content (AvgIpc) is 2.25. The average molecular weight is 216 g/mol. The Hall–Kier alpha value is -0.120. The van der Waals surface area contributed by atoms with Crippen molar-refractivity contribution >= 4 is 0 Å². The van der Waals surface area contributed by atoms with E-state index in [-0.39, 0.29) is 0 Å². The minimum absolute atomic E-state index is 0.569. The van der Waals surface area contributed by atoms with Crippen molar-refractivity contribution in [1.82, 2.24) is 10.2 Å². The molecular weight excluding hydrogens is 188 g/mol. The van der Waals surface area contributed by atoms with Crippen LogP contribution in [0.1, 0.15) is 34.1 Å². The van der Waals surface area contributed by atoms with Crippen molar-refractivity contribution in [2.75, 3.05) is 33.4 Å². The molecule has 0 saturated carbocycles. The van der Waals surface area contributed by atoms with Crippen molar-refractivity contribution in [3.63, 3.8) is 0 Å². The zero-order valence-electron chi connectivity index (χ0n) is 11.0. The molecule has 0 spiro atoms. The highest BCUT2D eigenvalue weighted by Crippen LogP contribution is 1.96. The Morgan fingerprint density at radius 2 is 1.93 bits per heavy atom. The third-order valence-corrected chi connectivity index (χ3v) is 2.92. The number of rotatable bonds is 9. The summed E-state index contributed by atoms with van der Waals surface area (Å²) >= 11 is 0.